The molecule has 15 heteroatoms. The fraction of sp³-hybridized carbons (Fsp3) is 0.550. The van der Waals surface area contributed by atoms with Crippen molar-refractivity contribution in [2.45, 2.75) is 38.3 Å². The summed E-state index contributed by atoms with van der Waals surface area (Å²) >= 11 is 0. The van der Waals surface area contributed by atoms with Crippen molar-refractivity contribution in [1.29, 1.82) is 0 Å². The van der Waals surface area contributed by atoms with Crippen molar-refractivity contribution in [3.63, 3.8) is 0 Å². The van der Waals surface area contributed by atoms with Gasteiger partial charge in [-0.1, -0.05) is 0 Å². The second-order valence-corrected chi connectivity index (χ2v) is 10.2. The number of halogens is 2. The number of piperidine rings is 1. The van der Waals surface area contributed by atoms with Gasteiger partial charge in [-0.2, -0.15) is 10.1 Å². The molecule has 1 saturated heterocycles. The molecule has 4 heterocycles. The van der Waals surface area contributed by atoms with Crippen molar-refractivity contribution in [3.05, 3.63) is 40.3 Å². The Balaban J connectivity index is 1.49. The summed E-state index contributed by atoms with van der Waals surface area (Å²) < 4.78 is 58.5. The van der Waals surface area contributed by atoms with E-state index in [0.29, 0.717) is 50.2 Å². The van der Waals surface area contributed by atoms with Crippen molar-refractivity contribution in [2.24, 2.45) is 0 Å². The van der Waals surface area contributed by atoms with E-state index in [4.69, 9.17) is 4.74 Å². The van der Waals surface area contributed by atoms with Crippen molar-refractivity contribution in [1.82, 2.24) is 34.0 Å². The maximum Gasteiger partial charge on any atom is 0.269 e. The number of fused-ring (bicyclic) bond motifs is 1. The van der Waals surface area contributed by atoms with Crippen LogP contribution >= 0.6 is 0 Å². The van der Waals surface area contributed by atoms with E-state index >= 15 is 0 Å². The van der Waals surface area contributed by atoms with Crippen LogP contribution in [0.5, 0.6) is 0 Å². The number of hydrogen-bond acceptors (Lipinski definition) is 9. The lowest BCUT2D eigenvalue weighted by Gasteiger charge is -2.30. The fourth-order valence-electron chi connectivity index (χ4n) is 3.91. The SMILES string of the molecule is CS(=O)(=O)N1CCC(Nc2ncc3cc(C(F)F)c(=O)n(CCOCCc4ncn[nH]4)c3n2)CC1. The number of rotatable bonds is 10. The van der Waals surface area contributed by atoms with E-state index in [-0.39, 0.29) is 30.8 Å². The number of aromatic nitrogens is 6. The maximum atomic E-state index is 13.5. The first kappa shape index (κ1) is 25.1. The minimum Gasteiger partial charge on any atom is -0.379 e. The molecule has 190 valence electrons. The summed E-state index contributed by atoms with van der Waals surface area (Å²) in [4.78, 5) is 25.4. The van der Waals surface area contributed by atoms with Crippen LogP contribution in [-0.2, 0) is 27.7 Å². The normalized spacial score (nSPS) is 15.8. The Morgan fingerprint density at radius 3 is 2.69 bits per heavy atom. The topological polar surface area (TPSA) is 148 Å². The summed E-state index contributed by atoms with van der Waals surface area (Å²) in [5, 5.41) is 9.93. The third-order valence-corrected chi connectivity index (χ3v) is 7.06. The van der Waals surface area contributed by atoms with E-state index in [9.17, 15) is 22.0 Å². The van der Waals surface area contributed by atoms with Crippen LogP contribution in [0.15, 0.2) is 23.4 Å². The molecule has 2 N–H and O–H groups in total. The molecule has 0 amide bonds. The van der Waals surface area contributed by atoms with Gasteiger partial charge >= 0.3 is 0 Å². The first-order chi connectivity index (χ1) is 16.7. The lowest BCUT2D eigenvalue weighted by molar-refractivity contribution is 0.126. The Morgan fingerprint density at radius 2 is 2.03 bits per heavy atom. The lowest BCUT2D eigenvalue weighted by atomic mass is 10.1. The molecule has 1 aliphatic heterocycles. The number of nitrogens with one attached hydrogen (secondary N) is 2. The van der Waals surface area contributed by atoms with Crippen molar-refractivity contribution in [2.75, 3.05) is 37.9 Å². The summed E-state index contributed by atoms with van der Waals surface area (Å²) in [6.45, 7) is 1.18. The average molecular weight is 513 g/mol. The molecule has 3 aromatic heterocycles. The number of aromatic amines is 1. The Labute approximate surface area is 199 Å². The minimum atomic E-state index is -3.24. The highest BCUT2D eigenvalue weighted by Gasteiger charge is 2.25. The molecule has 0 saturated carbocycles. The van der Waals surface area contributed by atoms with Crippen LogP contribution in [0.1, 0.15) is 30.7 Å². The van der Waals surface area contributed by atoms with Crippen LogP contribution in [0, 0.1) is 0 Å². The molecule has 0 bridgehead atoms. The first-order valence-corrected chi connectivity index (χ1v) is 12.9. The first-order valence-electron chi connectivity index (χ1n) is 11.0. The number of pyridine rings is 1. The van der Waals surface area contributed by atoms with Crippen LogP contribution in [0.3, 0.4) is 0 Å². The lowest BCUT2D eigenvalue weighted by Crippen LogP contribution is -2.42. The van der Waals surface area contributed by atoms with Crippen molar-refractivity contribution < 1.29 is 21.9 Å². The molecule has 12 nitrogen and oxygen atoms in total. The molecular weight excluding hydrogens is 486 g/mol. The van der Waals surface area contributed by atoms with E-state index in [1.165, 1.54) is 27.7 Å². The highest BCUT2D eigenvalue weighted by molar-refractivity contribution is 7.88. The monoisotopic (exact) mass is 512 g/mol. The number of H-pyrrole nitrogens is 1. The highest BCUT2D eigenvalue weighted by Crippen LogP contribution is 2.21. The zero-order chi connectivity index (χ0) is 25.0. The van der Waals surface area contributed by atoms with Gasteiger partial charge in [0.05, 0.1) is 31.6 Å². The number of alkyl halides is 2. The Bertz CT molecular complexity index is 1310. The quantitative estimate of drug-likeness (QED) is 0.379. The predicted molar refractivity (Wildman–Crippen MR) is 123 cm³/mol. The molecule has 0 unspecified atom stereocenters. The van der Waals surface area contributed by atoms with E-state index in [2.05, 4.69) is 30.5 Å². The number of hydrogen-bond donors (Lipinski definition) is 2. The molecule has 3 aromatic rings. The minimum absolute atomic E-state index is 0.0233. The van der Waals surface area contributed by atoms with Gasteiger partial charge in [0.2, 0.25) is 16.0 Å². The van der Waals surface area contributed by atoms with Gasteiger partial charge in [0.15, 0.2) is 0 Å². The molecule has 0 atom stereocenters. The summed E-state index contributed by atoms with van der Waals surface area (Å²) in [5.74, 6) is 0.887. The van der Waals surface area contributed by atoms with Gasteiger partial charge in [-0.15, -0.1) is 0 Å². The second-order valence-electron chi connectivity index (χ2n) is 8.20. The summed E-state index contributed by atoms with van der Waals surface area (Å²) in [6, 6.07) is 1.04. The molecule has 1 fully saturated rings. The van der Waals surface area contributed by atoms with Crippen LogP contribution in [0.25, 0.3) is 11.0 Å². The van der Waals surface area contributed by atoms with Gasteiger partial charge in [-0.25, -0.2) is 31.5 Å². The Morgan fingerprint density at radius 1 is 1.26 bits per heavy atom. The molecule has 0 radical (unpaired) electrons. The van der Waals surface area contributed by atoms with E-state index < -0.39 is 27.6 Å². The number of sulfonamides is 1. The fourth-order valence-corrected chi connectivity index (χ4v) is 4.78. The molecule has 0 spiro atoms. The largest absolute Gasteiger partial charge is 0.379 e. The zero-order valence-electron chi connectivity index (χ0n) is 19.0. The van der Waals surface area contributed by atoms with Crippen LogP contribution in [0.4, 0.5) is 14.7 Å². The van der Waals surface area contributed by atoms with Crippen LogP contribution < -0.4 is 10.9 Å². The molecule has 0 aliphatic carbocycles. The van der Waals surface area contributed by atoms with Gasteiger partial charge in [0.1, 0.15) is 17.8 Å². The van der Waals surface area contributed by atoms with Crippen LogP contribution in [-0.4, -0.2) is 81.0 Å². The Kier molecular flexibility index (Phi) is 7.66. The van der Waals surface area contributed by atoms with E-state index in [1.807, 2.05) is 0 Å². The Hall–Kier alpha value is -3.04. The van der Waals surface area contributed by atoms with Crippen molar-refractivity contribution >= 4 is 27.0 Å². The average Bonchev–Trinajstić information content (AvgIpc) is 3.33. The molecular formula is C20H26F2N8O4S. The van der Waals surface area contributed by atoms with Crippen molar-refractivity contribution in [3.8, 4) is 0 Å². The second kappa shape index (κ2) is 10.7. The molecule has 0 aromatic carbocycles. The standard InChI is InChI=1S/C20H26F2N8O4S/c1-35(32,33)29-5-2-14(3-6-29)26-20-23-11-13-10-15(17(21)22)19(31)30(18(13)27-20)7-9-34-8-4-16-24-12-25-28-16/h10-12,14,17H,2-9H2,1H3,(H,23,26,27)(H,24,25,28). The zero-order valence-corrected chi connectivity index (χ0v) is 19.8. The molecule has 35 heavy (non-hydrogen) atoms. The van der Waals surface area contributed by atoms with Crippen LogP contribution in [0.2, 0.25) is 0 Å². The summed E-state index contributed by atoms with van der Waals surface area (Å²) in [7, 11) is -3.24. The molecule has 4 rings (SSSR count). The molecule has 1 aliphatic rings. The summed E-state index contributed by atoms with van der Waals surface area (Å²) in [5.41, 5.74) is -1.25. The number of ether oxygens (including phenoxy) is 1. The number of nitrogens with zero attached hydrogens (tertiary/aromatic N) is 6. The number of anilines is 1. The predicted octanol–water partition coefficient (Wildman–Crippen LogP) is 0.942. The van der Waals surface area contributed by atoms with Gasteiger partial charge in [0.25, 0.3) is 12.0 Å². The van der Waals surface area contributed by atoms with E-state index in [0.717, 1.165) is 6.07 Å². The smallest absolute Gasteiger partial charge is 0.269 e. The highest BCUT2D eigenvalue weighted by atomic mass is 32.2. The maximum absolute atomic E-state index is 13.5. The third-order valence-electron chi connectivity index (χ3n) is 5.75. The third kappa shape index (κ3) is 6.15. The van der Waals surface area contributed by atoms with Gasteiger partial charge in [-0.05, 0) is 18.9 Å². The van der Waals surface area contributed by atoms with Gasteiger partial charge in [-0.3, -0.25) is 14.5 Å². The summed E-state index contributed by atoms with van der Waals surface area (Å²) in [6.07, 6.45) is 2.62. The van der Waals surface area contributed by atoms with Gasteiger partial charge in [0, 0.05) is 37.1 Å². The van der Waals surface area contributed by atoms with Gasteiger partial charge < -0.3 is 10.1 Å². The van der Waals surface area contributed by atoms with E-state index in [1.54, 1.807) is 0 Å².